The fourth-order valence-corrected chi connectivity index (χ4v) is 2.38. The van der Waals surface area contributed by atoms with Crippen molar-refractivity contribution < 1.29 is 17.1 Å². The lowest BCUT2D eigenvalue weighted by atomic mass is 10.3. The van der Waals surface area contributed by atoms with Crippen molar-refractivity contribution in [3.8, 4) is 0 Å². The first-order chi connectivity index (χ1) is 7.89. The molecule has 0 bridgehead atoms. The number of aromatic nitrogens is 1. The summed E-state index contributed by atoms with van der Waals surface area (Å²) < 4.78 is 34.2. The Hall–Kier alpha value is -1.70. The van der Waals surface area contributed by atoms with E-state index in [0.717, 1.165) is 4.90 Å². The molecule has 1 atom stereocenters. The highest BCUT2D eigenvalue weighted by atomic mass is 32.3. The third-order valence-electron chi connectivity index (χ3n) is 2.58. The van der Waals surface area contributed by atoms with Crippen molar-refractivity contribution in [1.29, 1.82) is 0 Å². The maximum Gasteiger partial charge on any atom is 0.307 e. The Labute approximate surface area is 96.3 Å². The molecule has 6 nitrogen and oxygen atoms in total. The molecule has 0 spiro atoms. The third-order valence-corrected chi connectivity index (χ3v) is 3.69. The number of halogens is 1. The Bertz CT molecular complexity index is 609. The number of rotatable bonds is 2. The summed E-state index contributed by atoms with van der Waals surface area (Å²) in [5.74, 6) is -0.576. The van der Waals surface area contributed by atoms with Gasteiger partial charge in [0.15, 0.2) is 0 Å². The Morgan fingerprint density at radius 2 is 2.12 bits per heavy atom. The molecule has 1 unspecified atom stereocenters. The minimum atomic E-state index is -4.76. The summed E-state index contributed by atoms with van der Waals surface area (Å²) in [6.45, 7) is -0.329. The SMILES string of the molecule is O=C1CC(S(=O)(=O)F)CN1c1c[nH]ccc1=O. The van der Waals surface area contributed by atoms with Gasteiger partial charge in [-0.05, 0) is 0 Å². The first-order valence-corrected chi connectivity index (χ1v) is 6.25. The minimum Gasteiger partial charge on any atom is -0.366 e. The third kappa shape index (κ3) is 2.21. The molecule has 1 fully saturated rings. The smallest absolute Gasteiger partial charge is 0.307 e. The van der Waals surface area contributed by atoms with Crippen LogP contribution in [0.15, 0.2) is 23.3 Å². The highest BCUT2D eigenvalue weighted by Crippen LogP contribution is 2.22. The van der Waals surface area contributed by atoms with Crippen LogP contribution in [0.4, 0.5) is 9.57 Å². The second-order valence-corrected chi connectivity index (χ2v) is 5.32. The van der Waals surface area contributed by atoms with Gasteiger partial charge in [-0.2, -0.15) is 8.42 Å². The number of carbonyl (C=O) groups excluding carboxylic acids is 1. The van der Waals surface area contributed by atoms with Gasteiger partial charge in [0, 0.05) is 31.4 Å². The molecule has 8 heteroatoms. The van der Waals surface area contributed by atoms with E-state index in [0.29, 0.717) is 0 Å². The maximum atomic E-state index is 12.8. The van der Waals surface area contributed by atoms with Gasteiger partial charge in [-0.15, -0.1) is 3.89 Å². The van der Waals surface area contributed by atoms with Gasteiger partial charge in [0.1, 0.15) is 10.9 Å². The number of H-pyrrole nitrogens is 1. The van der Waals surface area contributed by atoms with Crippen molar-refractivity contribution in [2.24, 2.45) is 0 Å². The Morgan fingerprint density at radius 1 is 1.41 bits per heavy atom. The van der Waals surface area contributed by atoms with Crippen LogP contribution >= 0.6 is 0 Å². The van der Waals surface area contributed by atoms with Crippen molar-refractivity contribution >= 4 is 21.8 Å². The number of nitrogens with zero attached hydrogens (tertiary/aromatic N) is 1. The van der Waals surface area contributed by atoms with E-state index in [1.54, 1.807) is 0 Å². The number of aromatic amines is 1. The quantitative estimate of drug-likeness (QED) is 0.745. The molecule has 2 rings (SSSR count). The zero-order chi connectivity index (χ0) is 12.6. The number of nitrogens with one attached hydrogen (secondary N) is 1. The van der Waals surface area contributed by atoms with Crippen LogP contribution in [0.3, 0.4) is 0 Å². The van der Waals surface area contributed by atoms with Gasteiger partial charge in [-0.3, -0.25) is 9.59 Å². The molecule has 1 aliphatic heterocycles. The van der Waals surface area contributed by atoms with Gasteiger partial charge in [-0.25, -0.2) is 0 Å². The summed E-state index contributed by atoms with van der Waals surface area (Å²) in [5.41, 5.74) is -0.391. The molecule has 0 aliphatic carbocycles. The second-order valence-electron chi connectivity index (χ2n) is 3.70. The largest absolute Gasteiger partial charge is 0.366 e. The minimum absolute atomic E-state index is 0.0312. The van der Waals surface area contributed by atoms with Crippen LogP contribution in [0.25, 0.3) is 0 Å². The van der Waals surface area contributed by atoms with E-state index in [1.807, 2.05) is 0 Å². The molecule has 1 aromatic heterocycles. The fourth-order valence-electron chi connectivity index (χ4n) is 1.71. The van der Waals surface area contributed by atoms with E-state index in [-0.39, 0.29) is 12.2 Å². The number of hydrogen-bond acceptors (Lipinski definition) is 4. The summed E-state index contributed by atoms with van der Waals surface area (Å²) in [5, 5.41) is -1.39. The molecule has 2 heterocycles. The molecule has 1 amide bonds. The highest BCUT2D eigenvalue weighted by Gasteiger charge is 2.39. The van der Waals surface area contributed by atoms with Crippen molar-refractivity contribution in [1.82, 2.24) is 4.98 Å². The number of carbonyl (C=O) groups is 1. The summed E-state index contributed by atoms with van der Waals surface area (Å²) in [4.78, 5) is 26.6. The van der Waals surface area contributed by atoms with Crippen molar-refractivity contribution in [2.75, 3.05) is 11.4 Å². The van der Waals surface area contributed by atoms with E-state index in [1.165, 1.54) is 18.5 Å². The molecule has 1 aromatic rings. The summed E-state index contributed by atoms with van der Waals surface area (Å²) >= 11 is 0. The molecule has 0 radical (unpaired) electrons. The van der Waals surface area contributed by atoms with Gasteiger partial charge in [0.05, 0.1) is 0 Å². The molecule has 1 saturated heterocycles. The van der Waals surface area contributed by atoms with Crippen LogP contribution in [0.1, 0.15) is 6.42 Å². The Balaban J connectivity index is 2.35. The van der Waals surface area contributed by atoms with Gasteiger partial charge in [0.2, 0.25) is 11.3 Å². The monoisotopic (exact) mass is 260 g/mol. The molecule has 0 aromatic carbocycles. The average Bonchev–Trinajstić information content (AvgIpc) is 2.61. The van der Waals surface area contributed by atoms with Crippen molar-refractivity contribution in [3.05, 3.63) is 28.7 Å². The standard InChI is InChI=1S/C9H9FN2O4S/c10-17(15,16)6-3-9(14)12(5-6)7-4-11-2-1-8(7)13/h1-2,4,6H,3,5H2,(H,11,13). The van der Waals surface area contributed by atoms with Gasteiger partial charge in [-0.1, -0.05) is 0 Å². The summed E-state index contributed by atoms with van der Waals surface area (Å²) in [6, 6.07) is 1.21. The number of amides is 1. The molecule has 0 saturated carbocycles. The van der Waals surface area contributed by atoms with Crippen LogP contribution < -0.4 is 10.3 Å². The first kappa shape index (κ1) is 11.8. The van der Waals surface area contributed by atoms with E-state index in [2.05, 4.69) is 4.98 Å². The predicted molar refractivity (Wildman–Crippen MR) is 57.8 cm³/mol. The average molecular weight is 260 g/mol. The lowest BCUT2D eigenvalue weighted by Crippen LogP contribution is -2.30. The van der Waals surface area contributed by atoms with Crippen LogP contribution in [0.5, 0.6) is 0 Å². The fraction of sp³-hybridized carbons (Fsp3) is 0.333. The topological polar surface area (TPSA) is 87.3 Å². The van der Waals surface area contributed by atoms with Crippen LogP contribution in [0.2, 0.25) is 0 Å². The summed E-state index contributed by atoms with van der Waals surface area (Å²) in [6.07, 6.45) is 2.23. The van der Waals surface area contributed by atoms with E-state index >= 15 is 0 Å². The highest BCUT2D eigenvalue weighted by molar-refractivity contribution is 7.87. The van der Waals surface area contributed by atoms with E-state index in [9.17, 15) is 21.9 Å². The second kappa shape index (κ2) is 3.95. The van der Waals surface area contributed by atoms with Gasteiger partial charge < -0.3 is 9.88 Å². The molecule has 92 valence electrons. The zero-order valence-corrected chi connectivity index (χ0v) is 9.41. The Kier molecular flexibility index (Phi) is 2.74. The van der Waals surface area contributed by atoms with E-state index in [4.69, 9.17) is 0 Å². The zero-order valence-electron chi connectivity index (χ0n) is 8.59. The lowest BCUT2D eigenvalue weighted by molar-refractivity contribution is -0.117. The van der Waals surface area contributed by atoms with Gasteiger partial charge >= 0.3 is 10.2 Å². The van der Waals surface area contributed by atoms with Crippen LogP contribution in [-0.4, -0.2) is 31.1 Å². The number of hydrogen-bond donors (Lipinski definition) is 1. The molecular formula is C9H9FN2O4S. The van der Waals surface area contributed by atoms with Gasteiger partial charge in [0.25, 0.3) is 0 Å². The maximum absolute atomic E-state index is 12.8. The van der Waals surface area contributed by atoms with Crippen molar-refractivity contribution in [2.45, 2.75) is 11.7 Å². The normalized spacial score (nSPS) is 20.9. The first-order valence-electron chi connectivity index (χ1n) is 4.80. The van der Waals surface area contributed by atoms with Crippen LogP contribution in [-0.2, 0) is 15.0 Å². The number of pyridine rings is 1. The Morgan fingerprint density at radius 3 is 2.65 bits per heavy atom. The molecule has 1 aliphatic rings. The molecular weight excluding hydrogens is 251 g/mol. The number of anilines is 1. The predicted octanol–water partition coefficient (Wildman–Crippen LogP) is -0.220. The van der Waals surface area contributed by atoms with E-state index < -0.39 is 33.2 Å². The molecule has 1 N–H and O–H groups in total. The summed E-state index contributed by atoms with van der Waals surface area (Å²) in [7, 11) is -4.76. The molecule has 17 heavy (non-hydrogen) atoms. The van der Waals surface area contributed by atoms with Crippen molar-refractivity contribution in [3.63, 3.8) is 0 Å². The lowest BCUT2D eigenvalue weighted by Gasteiger charge is -2.14. The van der Waals surface area contributed by atoms with Crippen LogP contribution in [0, 0.1) is 0 Å².